The van der Waals surface area contributed by atoms with Crippen LogP contribution in [0.25, 0.3) is 0 Å². The van der Waals surface area contributed by atoms with E-state index in [-0.39, 0.29) is 0 Å². The van der Waals surface area contributed by atoms with Crippen molar-refractivity contribution < 1.29 is 0 Å². The summed E-state index contributed by atoms with van der Waals surface area (Å²) in [7, 11) is 0. The van der Waals surface area contributed by atoms with Crippen molar-refractivity contribution in [1.29, 1.82) is 0 Å². The molecule has 0 spiro atoms. The van der Waals surface area contributed by atoms with Gasteiger partial charge in [0.15, 0.2) is 0 Å². The molecule has 78 valence electrons. The smallest absolute Gasteiger partial charge is 0.0121 e. The molecule has 14 heavy (non-hydrogen) atoms. The molecule has 0 unspecified atom stereocenters. The molecule has 0 rings (SSSR count). The van der Waals surface area contributed by atoms with E-state index in [0.29, 0.717) is 0 Å². The molecule has 0 saturated carbocycles. The lowest BCUT2D eigenvalue weighted by molar-refractivity contribution is 0.854. The van der Waals surface area contributed by atoms with E-state index in [9.17, 15) is 0 Å². The van der Waals surface area contributed by atoms with Crippen LogP contribution in [0, 0.1) is 12.3 Å². The first-order chi connectivity index (χ1) is 6.91. The van der Waals surface area contributed by atoms with Gasteiger partial charge < -0.3 is 0 Å². The Hall–Kier alpha value is -0.960. The predicted octanol–water partition coefficient (Wildman–Crippen LogP) is 4.48. The number of hydrogen-bond donors (Lipinski definition) is 0. The van der Waals surface area contributed by atoms with E-state index in [4.69, 9.17) is 6.42 Å². The van der Waals surface area contributed by atoms with Gasteiger partial charge in [0.1, 0.15) is 0 Å². The highest BCUT2D eigenvalue weighted by molar-refractivity contribution is 4.90. The Labute approximate surface area is 89.1 Å². The number of unbranched alkanes of at least 4 members (excludes halogenated alkanes) is 4. The molecule has 0 aliphatic heterocycles. The van der Waals surface area contributed by atoms with E-state index >= 15 is 0 Å². The zero-order chi connectivity index (χ0) is 10.5. The molecule has 0 heterocycles. The lowest BCUT2D eigenvalue weighted by Crippen LogP contribution is -1.70. The van der Waals surface area contributed by atoms with Crippen LogP contribution in [0.1, 0.15) is 51.9 Å². The Balaban J connectivity index is 3.13. The van der Waals surface area contributed by atoms with Crippen molar-refractivity contribution in [2.75, 3.05) is 0 Å². The third-order valence-electron chi connectivity index (χ3n) is 1.99. The number of rotatable bonds is 8. The van der Waals surface area contributed by atoms with E-state index < -0.39 is 0 Å². The molecule has 0 saturated heterocycles. The maximum atomic E-state index is 5.14. The van der Waals surface area contributed by atoms with E-state index in [1.807, 2.05) is 0 Å². The summed E-state index contributed by atoms with van der Waals surface area (Å²) in [5.74, 6) is 2.63. The van der Waals surface area contributed by atoms with Crippen LogP contribution < -0.4 is 0 Å². The Bertz CT molecular complexity index is 191. The predicted molar refractivity (Wildman–Crippen MR) is 65.1 cm³/mol. The molecule has 0 aliphatic carbocycles. The van der Waals surface area contributed by atoms with Gasteiger partial charge in [-0.1, -0.05) is 37.6 Å². The number of terminal acetylenes is 1. The summed E-state index contributed by atoms with van der Waals surface area (Å²) in [6.07, 6.45) is 22.2. The maximum Gasteiger partial charge on any atom is 0.0121 e. The molecule has 0 fully saturated rings. The third-order valence-corrected chi connectivity index (χ3v) is 1.99. The second-order valence-corrected chi connectivity index (χ2v) is 3.41. The summed E-state index contributed by atoms with van der Waals surface area (Å²) < 4.78 is 0. The Kier molecular flexibility index (Phi) is 11.2. The minimum absolute atomic E-state index is 0.868. The highest BCUT2D eigenvalue weighted by Crippen LogP contribution is 2.00. The lowest BCUT2D eigenvalue weighted by atomic mass is 10.2. The van der Waals surface area contributed by atoms with Crippen LogP contribution in [-0.2, 0) is 0 Å². The monoisotopic (exact) mass is 190 g/mol. The third kappa shape index (κ3) is 11.0. The zero-order valence-corrected chi connectivity index (χ0v) is 9.34. The van der Waals surface area contributed by atoms with Crippen molar-refractivity contribution in [2.45, 2.75) is 51.9 Å². The molecular formula is C14H22. The van der Waals surface area contributed by atoms with Gasteiger partial charge in [-0.25, -0.2) is 0 Å². The van der Waals surface area contributed by atoms with Gasteiger partial charge in [-0.05, 0) is 32.1 Å². The molecule has 0 N–H and O–H groups in total. The summed E-state index contributed by atoms with van der Waals surface area (Å²) in [5.41, 5.74) is 0. The maximum absolute atomic E-state index is 5.14. The second-order valence-electron chi connectivity index (χ2n) is 3.41. The summed E-state index contributed by atoms with van der Waals surface area (Å²) in [6, 6.07) is 0. The fourth-order valence-corrected chi connectivity index (χ4v) is 1.16. The van der Waals surface area contributed by atoms with Crippen LogP contribution in [0.5, 0.6) is 0 Å². The van der Waals surface area contributed by atoms with E-state index in [1.54, 1.807) is 0 Å². The van der Waals surface area contributed by atoms with Crippen LogP contribution in [-0.4, -0.2) is 0 Å². The number of allylic oxidation sites excluding steroid dienone is 4. The lowest BCUT2D eigenvalue weighted by Gasteiger charge is -1.90. The standard InChI is InChI=1S/C14H22/c1-3-5-7-9-11-13-14-12-10-8-6-4-2/h1,8-11H,4-7,12-14H2,2H3. The molecule has 0 nitrogen and oxygen atoms in total. The largest absolute Gasteiger partial charge is 0.120 e. The fourth-order valence-electron chi connectivity index (χ4n) is 1.16. The van der Waals surface area contributed by atoms with Gasteiger partial charge in [-0.15, -0.1) is 12.3 Å². The van der Waals surface area contributed by atoms with Crippen LogP contribution in [0.15, 0.2) is 24.3 Å². The Morgan fingerprint density at radius 2 is 1.50 bits per heavy atom. The molecule has 0 amide bonds. The topological polar surface area (TPSA) is 0 Å². The molecular weight excluding hydrogens is 168 g/mol. The Morgan fingerprint density at radius 1 is 0.929 bits per heavy atom. The van der Waals surface area contributed by atoms with Crippen molar-refractivity contribution >= 4 is 0 Å². The molecule has 0 aromatic heterocycles. The molecule has 0 atom stereocenters. The van der Waals surface area contributed by atoms with E-state index in [0.717, 1.165) is 12.8 Å². The van der Waals surface area contributed by atoms with Gasteiger partial charge in [-0.2, -0.15) is 0 Å². The highest BCUT2D eigenvalue weighted by atomic mass is 13.9. The SMILES string of the molecule is C#CCCC=CCCCC=CCCC. The Morgan fingerprint density at radius 3 is 2.07 bits per heavy atom. The summed E-state index contributed by atoms with van der Waals surface area (Å²) in [4.78, 5) is 0. The van der Waals surface area contributed by atoms with Crippen LogP contribution >= 0.6 is 0 Å². The van der Waals surface area contributed by atoms with Crippen molar-refractivity contribution in [3.05, 3.63) is 24.3 Å². The number of hydrogen-bond acceptors (Lipinski definition) is 0. The molecule has 0 bridgehead atoms. The summed E-state index contributed by atoms with van der Waals surface area (Å²) in [5, 5.41) is 0. The summed E-state index contributed by atoms with van der Waals surface area (Å²) in [6.45, 7) is 2.21. The normalized spacial score (nSPS) is 11.1. The van der Waals surface area contributed by atoms with E-state index in [2.05, 4.69) is 37.1 Å². The highest BCUT2D eigenvalue weighted by Gasteiger charge is 1.81. The zero-order valence-electron chi connectivity index (χ0n) is 9.34. The van der Waals surface area contributed by atoms with Gasteiger partial charge >= 0.3 is 0 Å². The van der Waals surface area contributed by atoms with Crippen molar-refractivity contribution in [1.82, 2.24) is 0 Å². The van der Waals surface area contributed by atoms with Gasteiger partial charge in [0.2, 0.25) is 0 Å². The van der Waals surface area contributed by atoms with Gasteiger partial charge in [0.05, 0.1) is 0 Å². The van der Waals surface area contributed by atoms with Crippen LogP contribution in [0.3, 0.4) is 0 Å². The summed E-state index contributed by atoms with van der Waals surface area (Å²) >= 11 is 0. The van der Waals surface area contributed by atoms with Crippen molar-refractivity contribution in [3.63, 3.8) is 0 Å². The molecule has 0 aromatic carbocycles. The van der Waals surface area contributed by atoms with Crippen molar-refractivity contribution in [2.24, 2.45) is 0 Å². The van der Waals surface area contributed by atoms with Crippen LogP contribution in [0.4, 0.5) is 0 Å². The van der Waals surface area contributed by atoms with E-state index in [1.165, 1.54) is 32.1 Å². The molecule has 0 aliphatic rings. The first kappa shape index (κ1) is 13.0. The van der Waals surface area contributed by atoms with Gasteiger partial charge in [-0.3, -0.25) is 0 Å². The molecule has 0 radical (unpaired) electrons. The fraction of sp³-hybridized carbons (Fsp3) is 0.571. The second kappa shape index (κ2) is 12.0. The minimum Gasteiger partial charge on any atom is -0.120 e. The first-order valence-electron chi connectivity index (χ1n) is 5.65. The van der Waals surface area contributed by atoms with Crippen molar-refractivity contribution in [3.8, 4) is 12.3 Å². The van der Waals surface area contributed by atoms with Crippen LogP contribution in [0.2, 0.25) is 0 Å². The van der Waals surface area contributed by atoms with Gasteiger partial charge in [0, 0.05) is 6.42 Å². The van der Waals surface area contributed by atoms with Gasteiger partial charge in [0.25, 0.3) is 0 Å². The minimum atomic E-state index is 0.868. The molecule has 0 aromatic rings. The quantitative estimate of drug-likeness (QED) is 0.301. The molecule has 0 heteroatoms. The first-order valence-corrected chi connectivity index (χ1v) is 5.65. The average molecular weight is 190 g/mol. The average Bonchev–Trinajstić information content (AvgIpc) is 2.21.